The minimum Gasteiger partial charge on any atom is -0.345 e. The number of nitriles is 1. The highest BCUT2D eigenvalue weighted by molar-refractivity contribution is 5.77. The van der Waals surface area contributed by atoms with Crippen molar-refractivity contribution in [2.24, 2.45) is 0 Å². The van der Waals surface area contributed by atoms with E-state index in [0.717, 1.165) is 5.56 Å². The third-order valence-corrected chi connectivity index (χ3v) is 2.31. The van der Waals surface area contributed by atoms with Gasteiger partial charge in [-0.05, 0) is 24.1 Å². The van der Waals surface area contributed by atoms with Gasteiger partial charge in [-0.15, -0.1) is 0 Å². The van der Waals surface area contributed by atoms with E-state index in [1.165, 1.54) is 17.0 Å². The first-order chi connectivity index (χ1) is 7.63. The molecule has 0 saturated carbocycles. The Kier molecular flexibility index (Phi) is 4.46. The van der Waals surface area contributed by atoms with E-state index in [0.29, 0.717) is 13.0 Å². The number of rotatable bonds is 4. The van der Waals surface area contributed by atoms with Crippen molar-refractivity contribution >= 4 is 5.91 Å². The minimum absolute atomic E-state index is 0.0973. The number of benzene rings is 1. The van der Waals surface area contributed by atoms with E-state index >= 15 is 0 Å². The second kappa shape index (κ2) is 5.86. The zero-order chi connectivity index (χ0) is 12.0. The molecule has 16 heavy (non-hydrogen) atoms. The molecule has 0 saturated heterocycles. The van der Waals surface area contributed by atoms with E-state index in [9.17, 15) is 9.18 Å². The lowest BCUT2D eigenvalue weighted by molar-refractivity contribution is -0.128. The molecule has 1 rings (SSSR count). The largest absolute Gasteiger partial charge is 0.345 e. The highest BCUT2D eigenvalue weighted by atomic mass is 19.1. The molecule has 3 nitrogen and oxygen atoms in total. The highest BCUT2D eigenvalue weighted by Gasteiger charge is 2.07. The quantitative estimate of drug-likeness (QED) is 0.775. The van der Waals surface area contributed by atoms with Crippen molar-refractivity contribution < 1.29 is 9.18 Å². The predicted molar refractivity (Wildman–Crippen MR) is 58.0 cm³/mol. The topological polar surface area (TPSA) is 44.1 Å². The maximum absolute atomic E-state index is 12.6. The van der Waals surface area contributed by atoms with Crippen molar-refractivity contribution in [1.82, 2.24) is 4.90 Å². The predicted octanol–water partition coefficient (Wildman–Crippen LogP) is 1.74. The van der Waals surface area contributed by atoms with Crippen LogP contribution in [0.15, 0.2) is 24.3 Å². The number of nitrogens with zero attached hydrogens (tertiary/aromatic N) is 2. The van der Waals surface area contributed by atoms with Gasteiger partial charge in [-0.1, -0.05) is 12.1 Å². The average molecular weight is 220 g/mol. The SMILES string of the molecule is CN(CCc1ccc(F)cc1)C(=O)CC#N. The maximum Gasteiger partial charge on any atom is 0.236 e. The lowest BCUT2D eigenvalue weighted by Gasteiger charge is -2.15. The molecule has 0 bridgehead atoms. The fourth-order valence-corrected chi connectivity index (χ4v) is 1.28. The van der Waals surface area contributed by atoms with Crippen molar-refractivity contribution in [2.75, 3.05) is 13.6 Å². The van der Waals surface area contributed by atoms with Crippen molar-refractivity contribution in [3.05, 3.63) is 35.6 Å². The molecule has 0 aliphatic rings. The number of halogens is 1. The van der Waals surface area contributed by atoms with Crippen LogP contribution in [0.3, 0.4) is 0 Å². The fraction of sp³-hybridized carbons (Fsp3) is 0.333. The fourth-order valence-electron chi connectivity index (χ4n) is 1.28. The summed E-state index contributed by atoms with van der Waals surface area (Å²) in [5.74, 6) is -0.456. The van der Waals surface area contributed by atoms with Crippen LogP contribution in [0.5, 0.6) is 0 Å². The van der Waals surface area contributed by atoms with Gasteiger partial charge in [-0.25, -0.2) is 4.39 Å². The summed E-state index contributed by atoms with van der Waals surface area (Å²) >= 11 is 0. The summed E-state index contributed by atoms with van der Waals surface area (Å²) in [7, 11) is 1.66. The molecule has 0 fully saturated rings. The summed E-state index contributed by atoms with van der Waals surface area (Å²) in [6.45, 7) is 0.534. The first-order valence-corrected chi connectivity index (χ1v) is 4.99. The summed E-state index contributed by atoms with van der Waals surface area (Å²) in [4.78, 5) is 12.8. The molecular formula is C12H13FN2O. The third kappa shape index (κ3) is 3.70. The Balaban J connectivity index is 2.43. The van der Waals surface area contributed by atoms with Crippen LogP contribution in [-0.4, -0.2) is 24.4 Å². The van der Waals surface area contributed by atoms with Crippen LogP contribution in [-0.2, 0) is 11.2 Å². The van der Waals surface area contributed by atoms with E-state index in [1.54, 1.807) is 19.2 Å². The Labute approximate surface area is 94.1 Å². The number of carbonyl (C=O) groups is 1. The van der Waals surface area contributed by atoms with E-state index in [2.05, 4.69) is 0 Å². The van der Waals surface area contributed by atoms with Gasteiger partial charge < -0.3 is 4.90 Å². The van der Waals surface area contributed by atoms with Crippen LogP contribution in [0.1, 0.15) is 12.0 Å². The standard InChI is InChI=1S/C12H13FN2O/c1-15(12(16)6-8-14)9-7-10-2-4-11(13)5-3-10/h2-5H,6-7,9H2,1H3. The number of likely N-dealkylation sites (N-methyl/N-ethyl adjacent to an activating group) is 1. The number of hydrogen-bond acceptors (Lipinski definition) is 2. The van der Waals surface area contributed by atoms with Gasteiger partial charge >= 0.3 is 0 Å². The van der Waals surface area contributed by atoms with E-state index in [1.807, 2.05) is 6.07 Å². The van der Waals surface area contributed by atoms with Crippen LogP contribution in [0.25, 0.3) is 0 Å². The van der Waals surface area contributed by atoms with Crippen LogP contribution < -0.4 is 0 Å². The Morgan fingerprint density at radius 2 is 2.06 bits per heavy atom. The molecule has 1 aromatic rings. The molecule has 84 valence electrons. The van der Waals surface area contributed by atoms with Crippen molar-refractivity contribution in [1.29, 1.82) is 5.26 Å². The van der Waals surface area contributed by atoms with E-state index in [4.69, 9.17) is 5.26 Å². The van der Waals surface area contributed by atoms with Crippen LogP contribution in [0.4, 0.5) is 4.39 Å². The van der Waals surface area contributed by atoms with Crippen LogP contribution in [0.2, 0.25) is 0 Å². The summed E-state index contributed by atoms with van der Waals surface area (Å²) in [5, 5.41) is 8.36. The maximum atomic E-state index is 12.6. The first-order valence-electron chi connectivity index (χ1n) is 4.99. The summed E-state index contributed by atoms with van der Waals surface area (Å²) in [6, 6.07) is 7.99. The van der Waals surface area contributed by atoms with Crippen molar-refractivity contribution in [3.63, 3.8) is 0 Å². The molecule has 0 atom stereocenters. The smallest absolute Gasteiger partial charge is 0.236 e. The molecule has 1 aromatic carbocycles. The molecule has 0 aliphatic heterocycles. The van der Waals surface area contributed by atoms with Crippen molar-refractivity contribution in [3.8, 4) is 6.07 Å². The van der Waals surface area contributed by atoms with Gasteiger partial charge in [0.05, 0.1) is 6.07 Å². The Bertz CT molecular complexity index is 394. The average Bonchev–Trinajstić information content (AvgIpc) is 2.28. The third-order valence-electron chi connectivity index (χ3n) is 2.31. The Morgan fingerprint density at radius 1 is 1.44 bits per heavy atom. The van der Waals surface area contributed by atoms with Crippen LogP contribution >= 0.6 is 0 Å². The minimum atomic E-state index is -0.266. The van der Waals surface area contributed by atoms with Gasteiger partial charge in [-0.3, -0.25) is 4.79 Å². The first kappa shape index (κ1) is 12.2. The highest BCUT2D eigenvalue weighted by Crippen LogP contribution is 2.04. The summed E-state index contributed by atoms with van der Waals surface area (Å²) in [6.07, 6.45) is 0.563. The van der Waals surface area contributed by atoms with E-state index in [-0.39, 0.29) is 18.1 Å². The van der Waals surface area contributed by atoms with Gasteiger partial charge in [-0.2, -0.15) is 5.26 Å². The van der Waals surface area contributed by atoms with Gasteiger partial charge in [0.15, 0.2) is 0 Å². The van der Waals surface area contributed by atoms with Gasteiger partial charge in [0.1, 0.15) is 12.2 Å². The van der Waals surface area contributed by atoms with Gasteiger partial charge in [0.25, 0.3) is 0 Å². The van der Waals surface area contributed by atoms with Gasteiger partial charge in [0, 0.05) is 13.6 Å². The van der Waals surface area contributed by atoms with Crippen LogP contribution in [0, 0.1) is 17.1 Å². The number of amides is 1. The molecule has 0 aliphatic carbocycles. The molecule has 1 amide bonds. The molecule has 0 heterocycles. The second-order valence-electron chi connectivity index (χ2n) is 3.53. The zero-order valence-electron chi connectivity index (χ0n) is 9.11. The second-order valence-corrected chi connectivity index (χ2v) is 3.53. The number of hydrogen-bond donors (Lipinski definition) is 0. The van der Waals surface area contributed by atoms with Gasteiger partial charge in [0.2, 0.25) is 5.91 Å². The molecule has 0 unspecified atom stereocenters. The molecule has 0 spiro atoms. The van der Waals surface area contributed by atoms with E-state index < -0.39 is 0 Å². The molecule has 0 aromatic heterocycles. The molecule has 0 radical (unpaired) electrons. The monoisotopic (exact) mass is 220 g/mol. The Morgan fingerprint density at radius 3 is 2.62 bits per heavy atom. The summed E-state index contributed by atoms with van der Waals surface area (Å²) in [5.41, 5.74) is 0.970. The Hall–Kier alpha value is -1.89. The lowest BCUT2D eigenvalue weighted by atomic mass is 10.1. The molecule has 0 N–H and O–H groups in total. The summed E-state index contributed by atoms with van der Waals surface area (Å²) < 4.78 is 12.6. The zero-order valence-corrected chi connectivity index (χ0v) is 9.11. The molecule has 4 heteroatoms. The van der Waals surface area contributed by atoms with Crippen molar-refractivity contribution in [2.45, 2.75) is 12.8 Å². The lowest BCUT2D eigenvalue weighted by Crippen LogP contribution is -2.28. The normalized spacial score (nSPS) is 9.56. The number of carbonyl (C=O) groups excluding carboxylic acids is 1. The molecular weight excluding hydrogens is 207 g/mol.